The van der Waals surface area contributed by atoms with Crippen LogP contribution >= 0.6 is 12.2 Å². The maximum absolute atomic E-state index is 11.4. The van der Waals surface area contributed by atoms with E-state index in [4.69, 9.17) is 12.2 Å². The molecule has 0 aliphatic rings. The molecular formula is C9H12N2OS. The maximum Gasteiger partial charge on any atom is 0.254 e. The van der Waals surface area contributed by atoms with Gasteiger partial charge in [-0.15, -0.1) is 0 Å². The van der Waals surface area contributed by atoms with E-state index in [9.17, 15) is 4.79 Å². The Morgan fingerprint density at radius 1 is 1.69 bits per heavy atom. The zero-order valence-corrected chi connectivity index (χ0v) is 8.28. The first-order valence-corrected chi connectivity index (χ1v) is 4.62. The fourth-order valence-corrected chi connectivity index (χ4v) is 1.16. The number of nitrogens with one attached hydrogen (secondary N) is 2. The van der Waals surface area contributed by atoms with Crippen LogP contribution in [0.5, 0.6) is 0 Å². The minimum absolute atomic E-state index is 0.108. The number of pyridine rings is 1. The van der Waals surface area contributed by atoms with Crippen LogP contribution in [-0.2, 0) is 0 Å². The molecule has 0 aromatic carbocycles. The van der Waals surface area contributed by atoms with Gasteiger partial charge in [0.15, 0.2) is 0 Å². The van der Waals surface area contributed by atoms with E-state index in [1.807, 2.05) is 6.92 Å². The highest BCUT2D eigenvalue weighted by molar-refractivity contribution is 7.71. The SMILES string of the molecule is CCCNC(=O)c1ccc[nH]c1=S. The quantitative estimate of drug-likeness (QED) is 0.725. The number of hydrogen-bond acceptors (Lipinski definition) is 2. The molecule has 0 radical (unpaired) electrons. The van der Waals surface area contributed by atoms with Crippen LogP contribution < -0.4 is 5.32 Å². The zero-order valence-electron chi connectivity index (χ0n) is 7.46. The second-order valence-corrected chi connectivity index (χ2v) is 3.08. The maximum atomic E-state index is 11.4. The molecule has 3 nitrogen and oxygen atoms in total. The first-order valence-electron chi connectivity index (χ1n) is 4.21. The van der Waals surface area contributed by atoms with Crippen molar-refractivity contribution in [2.45, 2.75) is 13.3 Å². The average Bonchev–Trinajstić information content (AvgIpc) is 2.15. The number of aromatic nitrogens is 1. The first kappa shape index (κ1) is 9.92. The predicted octanol–water partition coefficient (Wildman–Crippen LogP) is 1.88. The molecule has 0 atom stereocenters. The third-order valence-electron chi connectivity index (χ3n) is 1.60. The highest BCUT2D eigenvalue weighted by atomic mass is 32.1. The van der Waals surface area contributed by atoms with Crippen LogP contribution in [0.2, 0.25) is 0 Å². The fraction of sp³-hybridized carbons (Fsp3) is 0.333. The van der Waals surface area contributed by atoms with Gasteiger partial charge in [-0.1, -0.05) is 19.1 Å². The van der Waals surface area contributed by atoms with Gasteiger partial charge in [0.25, 0.3) is 5.91 Å². The standard InChI is InChI=1S/C9H12N2OS/c1-2-5-10-8(12)7-4-3-6-11-9(7)13/h3-4,6H,2,5H2,1H3,(H,10,12)(H,11,13). The van der Waals surface area contributed by atoms with E-state index in [-0.39, 0.29) is 5.91 Å². The van der Waals surface area contributed by atoms with E-state index < -0.39 is 0 Å². The summed E-state index contributed by atoms with van der Waals surface area (Å²) in [6.45, 7) is 2.69. The van der Waals surface area contributed by atoms with Crippen LogP contribution in [0.4, 0.5) is 0 Å². The van der Waals surface area contributed by atoms with Gasteiger partial charge in [0.2, 0.25) is 0 Å². The second kappa shape index (κ2) is 4.77. The van der Waals surface area contributed by atoms with E-state index in [1.165, 1.54) is 0 Å². The summed E-state index contributed by atoms with van der Waals surface area (Å²) in [6.07, 6.45) is 2.63. The van der Waals surface area contributed by atoms with Crippen molar-refractivity contribution in [2.24, 2.45) is 0 Å². The van der Waals surface area contributed by atoms with Gasteiger partial charge in [0.1, 0.15) is 4.64 Å². The van der Waals surface area contributed by atoms with Gasteiger partial charge >= 0.3 is 0 Å². The van der Waals surface area contributed by atoms with E-state index in [0.717, 1.165) is 6.42 Å². The zero-order chi connectivity index (χ0) is 9.68. The van der Waals surface area contributed by atoms with Crippen molar-refractivity contribution in [3.05, 3.63) is 28.5 Å². The van der Waals surface area contributed by atoms with Gasteiger partial charge < -0.3 is 10.3 Å². The van der Waals surface area contributed by atoms with Gasteiger partial charge in [0.05, 0.1) is 5.56 Å². The molecule has 0 aliphatic carbocycles. The van der Waals surface area contributed by atoms with E-state index in [0.29, 0.717) is 16.7 Å². The van der Waals surface area contributed by atoms with Crippen LogP contribution in [0.3, 0.4) is 0 Å². The first-order chi connectivity index (χ1) is 6.25. The number of rotatable bonds is 3. The van der Waals surface area contributed by atoms with Crippen LogP contribution in [0.25, 0.3) is 0 Å². The van der Waals surface area contributed by atoms with E-state index in [2.05, 4.69) is 10.3 Å². The van der Waals surface area contributed by atoms with Crippen LogP contribution in [0.15, 0.2) is 18.3 Å². The molecule has 1 amide bonds. The number of amides is 1. The van der Waals surface area contributed by atoms with Crippen LogP contribution in [0.1, 0.15) is 23.7 Å². The third kappa shape index (κ3) is 2.66. The molecule has 0 aliphatic heterocycles. The third-order valence-corrected chi connectivity index (χ3v) is 1.94. The summed E-state index contributed by atoms with van der Waals surface area (Å²) in [7, 11) is 0. The average molecular weight is 196 g/mol. The molecule has 0 saturated heterocycles. The van der Waals surface area contributed by atoms with Gasteiger partial charge in [-0.2, -0.15) is 0 Å². The highest BCUT2D eigenvalue weighted by Gasteiger charge is 2.04. The lowest BCUT2D eigenvalue weighted by molar-refractivity contribution is 0.0953. The molecule has 1 aromatic rings. The normalized spacial score (nSPS) is 9.62. The number of hydrogen-bond donors (Lipinski definition) is 2. The topological polar surface area (TPSA) is 44.9 Å². The lowest BCUT2D eigenvalue weighted by atomic mass is 10.2. The monoisotopic (exact) mass is 196 g/mol. The summed E-state index contributed by atoms with van der Waals surface area (Å²) in [6, 6.07) is 3.47. The smallest absolute Gasteiger partial charge is 0.254 e. The number of carbonyl (C=O) groups is 1. The molecule has 0 fully saturated rings. The molecule has 13 heavy (non-hydrogen) atoms. The van der Waals surface area contributed by atoms with Gasteiger partial charge in [-0.3, -0.25) is 4.79 Å². The Labute approximate surface area is 82.2 Å². The largest absolute Gasteiger partial charge is 0.352 e. The highest BCUT2D eigenvalue weighted by Crippen LogP contribution is 1.98. The minimum Gasteiger partial charge on any atom is -0.352 e. The summed E-state index contributed by atoms with van der Waals surface area (Å²) in [4.78, 5) is 14.2. The number of aromatic amines is 1. The predicted molar refractivity (Wildman–Crippen MR) is 54.3 cm³/mol. The van der Waals surface area contributed by atoms with Crippen molar-refractivity contribution in [3.8, 4) is 0 Å². The van der Waals surface area contributed by atoms with E-state index in [1.54, 1.807) is 18.3 Å². The Bertz CT molecular complexity index is 345. The number of H-pyrrole nitrogens is 1. The van der Waals surface area contributed by atoms with Crippen molar-refractivity contribution < 1.29 is 4.79 Å². The number of carbonyl (C=O) groups excluding carboxylic acids is 1. The van der Waals surface area contributed by atoms with Crippen LogP contribution in [-0.4, -0.2) is 17.4 Å². The summed E-state index contributed by atoms with van der Waals surface area (Å²) in [5.74, 6) is -0.108. The Morgan fingerprint density at radius 2 is 2.46 bits per heavy atom. The van der Waals surface area contributed by atoms with Crippen molar-refractivity contribution in [3.63, 3.8) is 0 Å². The fourth-order valence-electron chi connectivity index (χ4n) is 0.934. The second-order valence-electron chi connectivity index (χ2n) is 2.67. The molecule has 0 saturated carbocycles. The van der Waals surface area contributed by atoms with Crippen molar-refractivity contribution >= 4 is 18.1 Å². The Balaban J connectivity index is 2.77. The molecule has 0 spiro atoms. The molecule has 0 bridgehead atoms. The summed E-state index contributed by atoms with van der Waals surface area (Å²) >= 11 is 4.96. The summed E-state index contributed by atoms with van der Waals surface area (Å²) in [5.41, 5.74) is 0.533. The summed E-state index contributed by atoms with van der Waals surface area (Å²) in [5, 5.41) is 2.76. The van der Waals surface area contributed by atoms with Crippen LogP contribution in [0, 0.1) is 4.64 Å². The Morgan fingerprint density at radius 3 is 3.08 bits per heavy atom. The molecule has 1 rings (SSSR count). The van der Waals surface area contributed by atoms with Gasteiger partial charge in [-0.05, 0) is 18.6 Å². The molecular weight excluding hydrogens is 184 g/mol. The summed E-state index contributed by atoms with van der Waals surface area (Å²) < 4.78 is 0.483. The minimum atomic E-state index is -0.108. The lowest BCUT2D eigenvalue weighted by Crippen LogP contribution is -2.24. The Hall–Kier alpha value is -1.16. The molecule has 1 heterocycles. The molecule has 2 N–H and O–H groups in total. The van der Waals surface area contributed by atoms with Crippen molar-refractivity contribution in [1.82, 2.24) is 10.3 Å². The van der Waals surface area contributed by atoms with Gasteiger partial charge in [0, 0.05) is 12.7 Å². The molecule has 70 valence electrons. The van der Waals surface area contributed by atoms with Crippen molar-refractivity contribution in [2.75, 3.05) is 6.54 Å². The van der Waals surface area contributed by atoms with E-state index >= 15 is 0 Å². The molecule has 1 aromatic heterocycles. The lowest BCUT2D eigenvalue weighted by Gasteiger charge is -2.02. The Kier molecular flexibility index (Phi) is 3.64. The van der Waals surface area contributed by atoms with Crippen molar-refractivity contribution in [1.29, 1.82) is 0 Å². The molecule has 4 heteroatoms. The molecule has 0 unspecified atom stereocenters. The van der Waals surface area contributed by atoms with Gasteiger partial charge in [-0.25, -0.2) is 0 Å².